The van der Waals surface area contributed by atoms with Crippen LogP contribution in [0, 0.1) is 6.92 Å². The van der Waals surface area contributed by atoms with Gasteiger partial charge in [0.05, 0.1) is 0 Å². The lowest BCUT2D eigenvalue weighted by molar-refractivity contribution is 0.0466. The predicted octanol–water partition coefficient (Wildman–Crippen LogP) is 1.85. The average molecular weight is 232 g/mol. The molecule has 1 unspecified atom stereocenters. The minimum Gasteiger partial charge on any atom is -0.485 e. The van der Waals surface area contributed by atoms with Gasteiger partial charge >= 0.3 is 0 Å². The Hall–Kier alpha value is -1.06. The van der Waals surface area contributed by atoms with Crippen molar-refractivity contribution in [3.8, 4) is 5.75 Å². The van der Waals surface area contributed by atoms with Crippen LogP contribution in [0.3, 0.4) is 0 Å². The van der Waals surface area contributed by atoms with Crippen molar-refractivity contribution in [2.75, 3.05) is 20.1 Å². The zero-order chi connectivity index (χ0) is 12.0. The molecule has 0 aliphatic carbocycles. The van der Waals surface area contributed by atoms with Gasteiger partial charge in [-0.1, -0.05) is 17.7 Å². The summed E-state index contributed by atoms with van der Waals surface area (Å²) in [5.74, 6) is 0.990. The lowest BCUT2D eigenvalue weighted by atomic mass is 9.86. The van der Waals surface area contributed by atoms with Gasteiger partial charge in [0.2, 0.25) is 0 Å². The maximum atomic E-state index is 6.32. The molecule has 3 rings (SSSR count). The molecule has 17 heavy (non-hydrogen) atoms. The largest absolute Gasteiger partial charge is 0.485 e. The molecular weight excluding hydrogens is 212 g/mol. The Labute approximate surface area is 103 Å². The normalized spacial score (nSPS) is 32.5. The molecule has 3 heteroatoms. The van der Waals surface area contributed by atoms with Gasteiger partial charge in [0, 0.05) is 37.5 Å². The molecule has 0 saturated carbocycles. The quantitative estimate of drug-likeness (QED) is 0.742. The predicted molar refractivity (Wildman–Crippen MR) is 68.2 cm³/mol. The van der Waals surface area contributed by atoms with Crippen molar-refractivity contribution in [3.63, 3.8) is 0 Å². The van der Waals surface area contributed by atoms with Gasteiger partial charge in [-0.05, 0) is 20.0 Å². The molecule has 3 nitrogen and oxygen atoms in total. The molecule has 0 amide bonds. The van der Waals surface area contributed by atoms with Gasteiger partial charge in [0.15, 0.2) is 0 Å². The van der Waals surface area contributed by atoms with Gasteiger partial charge in [-0.15, -0.1) is 0 Å². The van der Waals surface area contributed by atoms with Crippen molar-refractivity contribution in [2.24, 2.45) is 5.73 Å². The molecular formula is C14H20N2O. The monoisotopic (exact) mass is 232 g/mol. The molecule has 0 aromatic heterocycles. The molecule has 2 aliphatic rings. The molecule has 2 N–H and O–H groups in total. The third-order valence-corrected chi connectivity index (χ3v) is 3.99. The third-order valence-electron chi connectivity index (χ3n) is 3.99. The van der Waals surface area contributed by atoms with Gasteiger partial charge in [0.25, 0.3) is 0 Å². The average Bonchev–Trinajstić information content (AvgIpc) is 2.61. The lowest BCUT2D eigenvalue weighted by Crippen LogP contribution is -2.44. The summed E-state index contributed by atoms with van der Waals surface area (Å²) in [7, 11) is 2.15. The molecule has 1 fully saturated rings. The molecule has 1 aromatic rings. The fraction of sp³-hybridized carbons (Fsp3) is 0.571. The van der Waals surface area contributed by atoms with E-state index in [-0.39, 0.29) is 11.6 Å². The SMILES string of the molecule is Cc1ccc2c(c1)[C@@H](N)CC1(CCN(C)C1)O2. The summed E-state index contributed by atoms with van der Waals surface area (Å²) in [6.45, 7) is 4.20. The van der Waals surface area contributed by atoms with Gasteiger partial charge < -0.3 is 15.4 Å². The molecule has 2 heterocycles. The Kier molecular flexibility index (Phi) is 2.42. The highest BCUT2D eigenvalue weighted by molar-refractivity contribution is 5.41. The Morgan fingerprint density at radius 2 is 2.29 bits per heavy atom. The number of hydrogen-bond donors (Lipinski definition) is 1. The topological polar surface area (TPSA) is 38.5 Å². The molecule has 2 aliphatic heterocycles. The molecule has 2 atom stereocenters. The maximum Gasteiger partial charge on any atom is 0.125 e. The molecule has 1 spiro atoms. The van der Waals surface area contributed by atoms with E-state index in [0.717, 1.165) is 31.7 Å². The van der Waals surface area contributed by atoms with Crippen LogP contribution in [0.25, 0.3) is 0 Å². The van der Waals surface area contributed by atoms with E-state index in [1.54, 1.807) is 0 Å². The summed E-state index contributed by atoms with van der Waals surface area (Å²) in [6, 6.07) is 6.45. The number of nitrogens with two attached hydrogens (primary N) is 1. The molecule has 0 bridgehead atoms. The minimum atomic E-state index is -0.0452. The second-order valence-corrected chi connectivity index (χ2v) is 5.62. The summed E-state index contributed by atoms with van der Waals surface area (Å²) in [6.07, 6.45) is 2.03. The fourth-order valence-corrected chi connectivity index (χ4v) is 3.13. The van der Waals surface area contributed by atoms with Crippen LogP contribution in [-0.4, -0.2) is 30.6 Å². The molecule has 92 valence electrons. The van der Waals surface area contributed by atoms with Gasteiger partial charge in [0.1, 0.15) is 11.4 Å². The summed E-state index contributed by atoms with van der Waals surface area (Å²) in [4.78, 5) is 2.33. The van der Waals surface area contributed by atoms with Crippen molar-refractivity contribution < 1.29 is 4.74 Å². The first-order valence-corrected chi connectivity index (χ1v) is 6.32. The minimum absolute atomic E-state index is 0.0452. The van der Waals surface area contributed by atoms with Crippen molar-refractivity contribution >= 4 is 0 Å². The second kappa shape index (κ2) is 3.72. The van der Waals surface area contributed by atoms with Crippen LogP contribution >= 0.6 is 0 Å². The number of ether oxygens (including phenoxy) is 1. The molecule has 1 saturated heterocycles. The van der Waals surface area contributed by atoms with E-state index >= 15 is 0 Å². The highest BCUT2D eigenvalue weighted by Crippen LogP contribution is 2.42. The number of aryl methyl sites for hydroxylation is 1. The van der Waals surface area contributed by atoms with Crippen LogP contribution in [-0.2, 0) is 0 Å². The smallest absolute Gasteiger partial charge is 0.125 e. The van der Waals surface area contributed by atoms with E-state index in [4.69, 9.17) is 10.5 Å². The number of likely N-dealkylation sites (tertiary alicyclic amines) is 1. The first-order chi connectivity index (χ1) is 8.08. The van der Waals surface area contributed by atoms with E-state index < -0.39 is 0 Å². The van der Waals surface area contributed by atoms with Crippen molar-refractivity contribution in [1.29, 1.82) is 0 Å². The lowest BCUT2D eigenvalue weighted by Gasteiger charge is -2.38. The number of nitrogens with zero attached hydrogens (tertiary/aromatic N) is 1. The number of rotatable bonds is 0. The summed E-state index contributed by atoms with van der Waals surface area (Å²) in [5.41, 5.74) is 8.70. The van der Waals surface area contributed by atoms with Gasteiger partial charge in [-0.3, -0.25) is 0 Å². The highest BCUT2D eigenvalue weighted by Gasteiger charge is 2.44. The number of fused-ring (bicyclic) bond motifs is 1. The van der Waals surface area contributed by atoms with E-state index in [1.165, 1.54) is 11.1 Å². The van der Waals surface area contributed by atoms with Crippen LogP contribution < -0.4 is 10.5 Å². The number of benzene rings is 1. The van der Waals surface area contributed by atoms with Crippen LogP contribution in [0.4, 0.5) is 0 Å². The number of likely N-dealkylation sites (N-methyl/N-ethyl adjacent to an activating group) is 1. The van der Waals surface area contributed by atoms with Crippen LogP contribution in [0.2, 0.25) is 0 Å². The van der Waals surface area contributed by atoms with Crippen LogP contribution in [0.1, 0.15) is 30.0 Å². The van der Waals surface area contributed by atoms with Crippen LogP contribution in [0.15, 0.2) is 18.2 Å². The van der Waals surface area contributed by atoms with Crippen molar-refractivity contribution in [3.05, 3.63) is 29.3 Å². The third kappa shape index (κ3) is 1.83. The summed E-state index contributed by atoms with van der Waals surface area (Å²) >= 11 is 0. The van der Waals surface area contributed by atoms with E-state index in [1.807, 2.05) is 0 Å². The Morgan fingerprint density at radius 3 is 3.00 bits per heavy atom. The van der Waals surface area contributed by atoms with Crippen molar-refractivity contribution in [2.45, 2.75) is 31.4 Å². The summed E-state index contributed by atoms with van der Waals surface area (Å²) in [5, 5.41) is 0. The first-order valence-electron chi connectivity index (χ1n) is 6.32. The fourth-order valence-electron chi connectivity index (χ4n) is 3.13. The Morgan fingerprint density at radius 1 is 1.47 bits per heavy atom. The zero-order valence-corrected chi connectivity index (χ0v) is 10.6. The maximum absolute atomic E-state index is 6.32. The summed E-state index contributed by atoms with van der Waals surface area (Å²) < 4.78 is 6.25. The zero-order valence-electron chi connectivity index (χ0n) is 10.6. The molecule has 0 radical (unpaired) electrons. The number of hydrogen-bond acceptors (Lipinski definition) is 3. The van der Waals surface area contributed by atoms with E-state index in [9.17, 15) is 0 Å². The Bertz CT molecular complexity index is 446. The highest BCUT2D eigenvalue weighted by atomic mass is 16.5. The Balaban J connectivity index is 1.96. The van der Waals surface area contributed by atoms with Gasteiger partial charge in [-0.2, -0.15) is 0 Å². The van der Waals surface area contributed by atoms with Crippen molar-refractivity contribution in [1.82, 2.24) is 4.90 Å². The van der Waals surface area contributed by atoms with Crippen LogP contribution in [0.5, 0.6) is 5.75 Å². The van der Waals surface area contributed by atoms with E-state index in [0.29, 0.717) is 0 Å². The first kappa shape index (κ1) is 11.1. The van der Waals surface area contributed by atoms with E-state index in [2.05, 4.69) is 37.1 Å². The standard InChI is InChI=1S/C14H20N2O/c1-10-3-4-13-11(7-10)12(15)8-14(17-13)5-6-16(2)9-14/h3-4,7,12H,5-6,8-9,15H2,1-2H3/t12-,14?/m0/s1. The second-order valence-electron chi connectivity index (χ2n) is 5.62. The van der Waals surface area contributed by atoms with Gasteiger partial charge in [-0.25, -0.2) is 0 Å². The molecule has 1 aromatic carbocycles.